The normalized spacial score (nSPS) is 11.1. The van der Waals surface area contributed by atoms with Crippen LogP contribution >= 0.6 is 27.5 Å². The molecule has 0 saturated carbocycles. The number of benzene rings is 1. The summed E-state index contributed by atoms with van der Waals surface area (Å²) in [6, 6.07) is 2.93. The van der Waals surface area contributed by atoms with Crippen LogP contribution in [0.1, 0.15) is 19.4 Å². The van der Waals surface area contributed by atoms with Crippen LogP contribution in [-0.4, -0.2) is 23.7 Å². The number of carboxylic acid groups (broad SMARTS) is 1. The molecular weight excluding hydrogens is 348 g/mol. The van der Waals surface area contributed by atoms with Crippen LogP contribution < -0.4 is 10.6 Å². The highest BCUT2D eigenvalue weighted by molar-refractivity contribution is 9.10. The summed E-state index contributed by atoms with van der Waals surface area (Å²) in [4.78, 5) is 22.7. The molecule has 5 nitrogen and oxygen atoms in total. The van der Waals surface area contributed by atoms with Gasteiger partial charge < -0.3 is 15.7 Å². The Morgan fingerprint density at radius 3 is 2.55 bits per heavy atom. The first-order valence-electron chi connectivity index (χ1n) is 5.87. The minimum atomic E-state index is -1.03. The molecule has 0 saturated heterocycles. The van der Waals surface area contributed by atoms with Gasteiger partial charge in [-0.05, 0) is 54.4 Å². The molecule has 0 aromatic heterocycles. The molecule has 0 bridgehead atoms. The lowest BCUT2D eigenvalue weighted by molar-refractivity contribution is -0.146. The van der Waals surface area contributed by atoms with Crippen LogP contribution in [0.4, 0.5) is 10.5 Å². The van der Waals surface area contributed by atoms with Gasteiger partial charge in [0.1, 0.15) is 0 Å². The van der Waals surface area contributed by atoms with Crippen molar-refractivity contribution in [3.8, 4) is 0 Å². The third-order valence-corrected chi connectivity index (χ3v) is 3.83. The number of carbonyl (C=O) groups excluding carboxylic acids is 1. The average Bonchev–Trinajstić information content (AvgIpc) is 2.33. The number of amides is 2. The maximum atomic E-state index is 11.8. The smallest absolute Gasteiger partial charge is 0.319 e. The van der Waals surface area contributed by atoms with Gasteiger partial charge in [-0.1, -0.05) is 11.6 Å². The molecule has 7 heteroatoms. The highest BCUT2D eigenvalue weighted by Gasteiger charge is 2.27. The third-order valence-electron chi connectivity index (χ3n) is 2.77. The quantitative estimate of drug-likeness (QED) is 0.764. The molecule has 2 amide bonds. The van der Waals surface area contributed by atoms with Gasteiger partial charge in [-0.15, -0.1) is 0 Å². The molecule has 0 fully saturated rings. The lowest BCUT2D eigenvalue weighted by Gasteiger charge is -2.19. The number of carbonyl (C=O) groups is 2. The van der Waals surface area contributed by atoms with Crippen molar-refractivity contribution in [3.05, 3.63) is 27.2 Å². The fraction of sp³-hybridized carbons (Fsp3) is 0.385. The Kier molecular flexibility index (Phi) is 5.42. The second kappa shape index (κ2) is 6.45. The van der Waals surface area contributed by atoms with Crippen molar-refractivity contribution >= 4 is 45.2 Å². The molecular formula is C13H16BrClN2O3. The highest BCUT2D eigenvalue weighted by atomic mass is 79.9. The summed E-state index contributed by atoms with van der Waals surface area (Å²) in [5.41, 5.74) is 0.377. The zero-order valence-electron chi connectivity index (χ0n) is 11.4. The fourth-order valence-electron chi connectivity index (χ4n) is 1.29. The summed E-state index contributed by atoms with van der Waals surface area (Å²) in [7, 11) is 0. The molecule has 1 rings (SSSR count). The number of rotatable bonds is 4. The predicted octanol–water partition coefficient (Wildman–Crippen LogP) is 3.64. The zero-order chi connectivity index (χ0) is 15.5. The van der Waals surface area contributed by atoms with Crippen LogP contribution in [0.15, 0.2) is 16.6 Å². The number of hydrogen-bond acceptors (Lipinski definition) is 2. The number of nitrogens with one attached hydrogen (secondary N) is 2. The summed E-state index contributed by atoms with van der Waals surface area (Å²) < 4.78 is 0.701. The van der Waals surface area contributed by atoms with Gasteiger partial charge in [0.25, 0.3) is 0 Å². The number of aryl methyl sites for hydroxylation is 1. The summed E-state index contributed by atoms with van der Waals surface area (Å²) >= 11 is 9.32. The van der Waals surface area contributed by atoms with Gasteiger partial charge >= 0.3 is 12.0 Å². The van der Waals surface area contributed by atoms with Crippen molar-refractivity contribution in [1.82, 2.24) is 5.32 Å². The van der Waals surface area contributed by atoms with Crippen molar-refractivity contribution in [2.24, 2.45) is 5.41 Å². The van der Waals surface area contributed by atoms with E-state index < -0.39 is 17.4 Å². The van der Waals surface area contributed by atoms with E-state index in [1.54, 1.807) is 12.1 Å². The molecule has 0 aliphatic carbocycles. The van der Waals surface area contributed by atoms with Crippen LogP contribution in [0.5, 0.6) is 0 Å². The SMILES string of the molecule is Cc1cc(Br)c(NC(=O)NCC(C)(C)C(=O)O)cc1Cl. The number of halogens is 2. The monoisotopic (exact) mass is 362 g/mol. The Balaban J connectivity index is 2.68. The maximum absolute atomic E-state index is 11.8. The van der Waals surface area contributed by atoms with Crippen LogP contribution in [0.25, 0.3) is 0 Å². The number of anilines is 1. The first kappa shape index (κ1) is 16.8. The zero-order valence-corrected chi connectivity index (χ0v) is 13.7. The van der Waals surface area contributed by atoms with Crippen LogP contribution in [0.2, 0.25) is 5.02 Å². The lowest BCUT2D eigenvalue weighted by atomic mass is 9.94. The predicted molar refractivity (Wildman–Crippen MR) is 82.3 cm³/mol. The van der Waals surface area contributed by atoms with E-state index in [1.807, 2.05) is 6.92 Å². The van der Waals surface area contributed by atoms with Crippen molar-refractivity contribution < 1.29 is 14.7 Å². The molecule has 0 spiro atoms. The van der Waals surface area contributed by atoms with Crippen LogP contribution in [0.3, 0.4) is 0 Å². The number of carboxylic acids is 1. The number of aliphatic carboxylic acids is 1. The molecule has 3 N–H and O–H groups in total. The Hall–Kier alpha value is -1.27. The number of hydrogen-bond donors (Lipinski definition) is 3. The van der Waals surface area contributed by atoms with Gasteiger partial charge in [-0.25, -0.2) is 4.79 Å². The van der Waals surface area contributed by atoms with E-state index in [4.69, 9.17) is 16.7 Å². The fourth-order valence-corrected chi connectivity index (χ4v) is 2.01. The van der Waals surface area contributed by atoms with E-state index in [1.165, 1.54) is 13.8 Å². The van der Waals surface area contributed by atoms with Crippen LogP contribution in [0, 0.1) is 12.3 Å². The molecule has 110 valence electrons. The van der Waals surface area contributed by atoms with E-state index in [0.717, 1.165) is 5.56 Å². The van der Waals surface area contributed by atoms with Crippen molar-refractivity contribution in [3.63, 3.8) is 0 Å². The average molecular weight is 364 g/mol. The topological polar surface area (TPSA) is 78.4 Å². The van der Waals surface area contributed by atoms with E-state index in [2.05, 4.69) is 26.6 Å². The molecule has 0 heterocycles. The Labute approximate surface area is 130 Å². The first-order valence-corrected chi connectivity index (χ1v) is 7.04. The van der Waals surface area contributed by atoms with Crippen LogP contribution in [-0.2, 0) is 4.79 Å². The molecule has 0 unspecified atom stereocenters. The Morgan fingerprint density at radius 2 is 2.00 bits per heavy atom. The van der Waals surface area contributed by atoms with Gasteiger partial charge in [0.05, 0.1) is 11.1 Å². The van der Waals surface area contributed by atoms with E-state index in [9.17, 15) is 9.59 Å². The molecule has 0 atom stereocenters. The van der Waals surface area contributed by atoms with Gasteiger partial charge in [0, 0.05) is 16.0 Å². The second-order valence-electron chi connectivity index (χ2n) is 5.08. The van der Waals surface area contributed by atoms with E-state index in [0.29, 0.717) is 15.2 Å². The highest BCUT2D eigenvalue weighted by Crippen LogP contribution is 2.29. The minimum Gasteiger partial charge on any atom is -0.481 e. The summed E-state index contributed by atoms with van der Waals surface area (Å²) in [6.07, 6.45) is 0. The molecule has 1 aromatic rings. The second-order valence-corrected chi connectivity index (χ2v) is 6.34. The minimum absolute atomic E-state index is 0.0192. The standard InChI is InChI=1S/C13H16BrClN2O3/c1-7-4-8(14)10(5-9(7)15)17-12(20)16-6-13(2,3)11(18)19/h4-5H,6H2,1-3H3,(H,18,19)(H2,16,17,20). The van der Waals surface area contributed by atoms with Gasteiger partial charge in [0.2, 0.25) is 0 Å². The molecule has 0 aliphatic rings. The van der Waals surface area contributed by atoms with Crippen molar-refractivity contribution in [2.75, 3.05) is 11.9 Å². The van der Waals surface area contributed by atoms with Crippen molar-refractivity contribution in [1.29, 1.82) is 0 Å². The first-order chi connectivity index (χ1) is 9.13. The Bertz CT molecular complexity index is 547. The number of urea groups is 1. The maximum Gasteiger partial charge on any atom is 0.319 e. The summed E-state index contributed by atoms with van der Waals surface area (Å²) in [5, 5.41) is 14.6. The summed E-state index contributed by atoms with van der Waals surface area (Å²) in [6.45, 7) is 4.94. The van der Waals surface area contributed by atoms with Gasteiger partial charge in [0.15, 0.2) is 0 Å². The van der Waals surface area contributed by atoms with Gasteiger partial charge in [-0.3, -0.25) is 4.79 Å². The molecule has 1 aromatic carbocycles. The summed E-state index contributed by atoms with van der Waals surface area (Å²) in [5.74, 6) is -0.975. The lowest BCUT2D eigenvalue weighted by Crippen LogP contribution is -2.40. The van der Waals surface area contributed by atoms with E-state index in [-0.39, 0.29) is 6.54 Å². The molecule has 0 aliphatic heterocycles. The largest absolute Gasteiger partial charge is 0.481 e. The molecule has 20 heavy (non-hydrogen) atoms. The van der Waals surface area contributed by atoms with Gasteiger partial charge in [-0.2, -0.15) is 0 Å². The Morgan fingerprint density at radius 1 is 1.40 bits per heavy atom. The molecule has 0 radical (unpaired) electrons. The third kappa shape index (κ3) is 4.38. The van der Waals surface area contributed by atoms with E-state index >= 15 is 0 Å². The van der Waals surface area contributed by atoms with Crippen molar-refractivity contribution in [2.45, 2.75) is 20.8 Å².